The summed E-state index contributed by atoms with van der Waals surface area (Å²) in [5.74, 6) is 2.03. The van der Waals surface area contributed by atoms with E-state index < -0.39 is 6.85 Å². The SMILES string of the molecule is [2H]C([2H])([2H])c1cnc(-n2c3ccccc3c3ccc(Oc4cccc(N5CN(c6ccccc6)c6cc(C(C)(C)C)ccc65)c4)cc32)cc1-c1ccccc1. The largest absolute Gasteiger partial charge is 0.457 e. The van der Waals surface area contributed by atoms with Gasteiger partial charge in [-0.25, -0.2) is 4.98 Å². The first-order valence-corrected chi connectivity index (χ1v) is 17.6. The maximum atomic E-state index is 8.26. The molecule has 52 heavy (non-hydrogen) atoms. The fourth-order valence-corrected chi connectivity index (χ4v) is 7.31. The van der Waals surface area contributed by atoms with Crippen molar-refractivity contribution in [3.63, 3.8) is 0 Å². The summed E-state index contributed by atoms with van der Waals surface area (Å²) < 4.78 is 33.5. The van der Waals surface area contributed by atoms with E-state index in [9.17, 15) is 0 Å². The molecule has 0 fully saturated rings. The quantitative estimate of drug-likeness (QED) is 0.175. The predicted octanol–water partition coefficient (Wildman–Crippen LogP) is 12.5. The highest BCUT2D eigenvalue weighted by atomic mass is 16.5. The second kappa shape index (κ2) is 12.5. The Bertz CT molecular complexity index is 2700. The van der Waals surface area contributed by atoms with Gasteiger partial charge in [-0.3, -0.25) is 4.57 Å². The Morgan fingerprint density at radius 1 is 0.615 bits per heavy atom. The molecule has 1 aliphatic rings. The van der Waals surface area contributed by atoms with Crippen molar-refractivity contribution < 1.29 is 8.85 Å². The lowest BCUT2D eigenvalue weighted by atomic mass is 9.86. The van der Waals surface area contributed by atoms with Crippen LogP contribution in [0.15, 0.2) is 158 Å². The van der Waals surface area contributed by atoms with Crippen LogP contribution in [0.25, 0.3) is 38.8 Å². The van der Waals surface area contributed by atoms with Gasteiger partial charge in [0.2, 0.25) is 0 Å². The Morgan fingerprint density at radius 3 is 2.13 bits per heavy atom. The van der Waals surface area contributed by atoms with E-state index in [4.69, 9.17) is 13.8 Å². The van der Waals surface area contributed by atoms with Crippen LogP contribution in [0.4, 0.5) is 22.7 Å². The molecular formula is C47H40N4O. The molecule has 0 saturated carbocycles. The average molecular weight is 680 g/mol. The minimum atomic E-state index is -2.32. The van der Waals surface area contributed by atoms with Crippen molar-refractivity contribution in [2.75, 3.05) is 16.5 Å². The van der Waals surface area contributed by atoms with Crippen molar-refractivity contribution in [2.45, 2.75) is 33.0 Å². The number of rotatable bonds is 6. The second-order valence-electron chi connectivity index (χ2n) is 14.4. The summed E-state index contributed by atoms with van der Waals surface area (Å²) in [5, 5.41) is 2.11. The van der Waals surface area contributed by atoms with Crippen molar-refractivity contribution in [2.24, 2.45) is 0 Å². The van der Waals surface area contributed by atoms with Gasteiger partial charge in [-0.2, -0.15) is 0 Å². The summed E-state index contributed by atoms with van der Waals surface area (Å²) in [4.78, 5) is 9.46. The van der Waals surface area contributed by atoms with Crippen molar-refractivity contribution in [1.29, 1.82) is 0 Å². The van der Waals surface area contributed by atoms with Gasteiger partial charge in [-0.05, 0) is 95.2 Å². The van der Waals surface area contributed by atoms with Gasteiger partial charge in [0.15, 0.2) is 0 Å². The molecule has 0 bridgehead atoms. The Kier molecular flexibility index (Phi) is 6.80. The number of hydrogen-bond acceptors (Lipinski definition) is 4. The lowest BCUT2D eigenvalue weighted by molar-refractivity contribution is 0.483. The summed E-state index contributed by atoms with van der Waals surface area (Å²) in [6.07, 6.45) is 1.50. The molecular weight excluding hydrogens is 637 g/mol. The molecule has 0 radical (unpaired) electrons. The molecule has 1 aliphatic heterocycles. The summed E-state index contributed by atoms with van der Waals surface area (Å²) in [6, 6.07) is 51.4. The maximum absolute atomic E-state index is 8.26. The molecule has 3 heterocycles. The van der Waals surface area contributed by atoms with Crippen LogP contribution in [0.3, 0.4) is 0 Å². The number of fused-ring (bicyclic) bond motifs is 4. The zero-order valence-corrected chi connectivity index (χ0v) is 29.4. The molecule has 0 amide bonds. The zero-order valence-electron chi connectivity index (χ0n) is 32.4. The average Bonchev–Trinajstić information content (AvgIpc) is 3.73. The van der Waals surface area contributed by atoms with Crippen LogP contribution in [0.2, 0.25) is 0 Å². The van der Waals surface area contributed by atoms with E-state index in [0.717, 1.165) is 50.2 Å². The van der Waals surface area contributed by atoms with Crippen LogP contribution in [0.1, 0.15) is 36.0 Å². The van der Waals surface area contributed by atoms with E-state index in [1.807, 2.05) is 72.8 Å². The molecule has 2 aromatic heterocycles. The number of hydrogen-bond donors (Lipinski definition) is 0. The highest BCUT2D eigenvalue weighted by Gasteiger charge is 2.30. The third kappa shape index (κ3) is 5.55. The molecule has 254 valence electrons. The van der Waals surface area contributed by atoms with Crippen molar-refractivity contribution in [3.05, 3.63) is 169 Å². The molecule has 5 nitrogen and oxygen atoms in total. The lowest BCUT2D eigenvalue weighted by Crippen LogP contribution is -2.23. The number of ether oxygens (including phenoxy) is 1. The van der Waals surface area contributed by atoms with E-state index in [0.29, 0.717) is 23.8 Å². The molecule has 0 spiro atoms. The summed E-state index contributed by atoms with van der Waals surface area (Å²) in [6.45, 7) is 5.10. The first kappa shape index (κ1) is 28.4. The number of para-hydroxylation sites is 2. The number of aryl methyl sites for hydroxylation is 1. The normalized spacial score (nSPS) is 13.9. The van der Waals surface area contributed by atoms with Gasteiger partial charge in [0.05, 0.1) is 22.4 Å². The highest BCUT2D eigenvalue weighted by Crippen LogP contribution is 2.46. The second-order valence-corrected chi connectivity index (χ2v) is 14.4. The van der Waals surface area contributed by atoms with E-state index in [1.54, 1.807) is 0 Å². The van der Waals surface area contributed by atoms with Crippen molar-refractivity contribution in [1.82, 2.24) is 9.55 Å². The molecule has 0 saturated heterocycles. The Labute approximate surface area is 309 Å². The van der Waals surface area contributed by atoms with Crippen LogP contribution in [0.5, 0.6) is 11.5 Å². The zero-order chi connectivity index (χ0) is 37.9. The summed E-state index contributed by atoms with van der Waals surface area (Å²) in [5.41, 5.74) is 9.36. The fourth-order valence-electron chi connectivity index (χ4n) is 7.31. The van der Waals surface area contributed by atoms with E-state index in [1.165, 1.54) is 17.4 Å². The fraction of sp³-hybridized carbons (Fsp3) is 0.128. The highest BCUT2D eigenvalue weighted by molar-refractivity contribution is 6.09. The molecule has 9 rings (SSSR count). The number of nitrogens with zero attached hydrogens (tertiary/aromatic N) is 4. The minimum absolute atomic E-state index is 0.0207. The van der Waals surface area contributed by atoms with Gasteiger partial charge >= 0.3 is 0 Å². The molecule has 6 aromatic carbocycles. The van der Waals surface area contributed by atoms with Gasteiger partial charge in [-0.15, -0.1) is 0 Å². The molecule has 0 N–H and O–H groups in total. The Morgan fingerprint density at radius 2 is 1.33 bits per heavy atom. The summed E-state index contributed by atoms with van der Waals surface area (Å²) >= 11 is 0. The van der Waals surface area contributed by atoms with Crippen LogP contribution >= 0.6 is 0 Å². The van der Waals surface area contributed by atoms with Gasteiger partial charge in [0, 0.05) is 44.6 Å². The standard InChI is InChI=1S/C47H40N4O/c1-32-30-48-46(29-41(32)33-14-7-5-8-15-33)51-42-21-12-11-20-39(42)40-24-23-38(28-44(40)51)52-37-19-13-18-36(27-37)50-31-49(35-16-9-6-10-17-35)45-26-34(47(2,3)4)22-25-43(45)50/h5-30H,31H2,1-4H3/i1D3. The third-order valence-corrected chi connectivity index (χ3v) is 9.99. The maximum Gasteiger partial charge on any atom is 0.138 e. The van der Waals surface area contributed by atoms with E-state index >= 15 is 0 Å². The van der Waals surface area contributed by atoms with Gasteiger partial charge in [0.25, 0.3) is 0 Å². The predicted molar refractivity (Wildman–Crippen MR) is 216 cm³/mol. The monoisotopic (exact) mass is 679 g/mol. The van der Waals surface area contributed by atoms with E-state index in [2.05, 4.69) is 114 Å². The van der Waals surface area contributed by atoms with Crippen LogP contribution in [0, 0.1) is 6.85 Å². The molecule has 0 atom stereocenters. The van der Waals surface area contributed by atoms with Crippen LogP contribution in [-0.4, -0.2) is 16.2 Å². The number of anilines is 4. The van der Waals surface area contributed by atoms with E-state index in [-0.39, 0.29) is 11.0 Å². The first-order chi connectivity index (χ1) is 26.5. The van der Waals surface area contributed by atoms with Gasteiger partial charge in [-0.1, -0.05) is 99.6 Å². The number of benzene rings is 6. The molecule has 0 aliphatic carbocycles. The lowest BCUT2D eigenvalue weighted by Gasteiger charge is -2.23. The Hall–Kier alpha value is -6.33. The number of aromatic nitrogens is 2. The van der Waals surface area contributed by atoms with Gasteiger partial charge < -0.3 is 14.5 Å². The van der Waals surface area contributed by atoms with Crippen LogP contribution in [-0.2, 0) is 5.41 Å². The molecule has 0 unspecified atom stereocenters. The van der Waals surface area contributed by atoms with Crippen molar-refractivity contribution in [3.8, 4) is 28.4 Å². The minimum Gasteiger partial charge on any atom is -0.457 e. The van der Waals surface area contributed by atoms with Crippen LogP contribution < -0.4 is 14.5 Å². The third-order valence-electron chi connectivity index (χ3n) is 9.99. The Balaban J connectivity index is 1.11. The van der Waals surface area contributed by atoms with Crippen molar-refractivity contribution >= 4 is 44.6 Å². The molecule has 8 aromatic rings. The topological polar surface area (TPSA) is 33.5 Å². The first-order valence-electron chi connectivity index (χ1n) is 19.1. The molecule has 5 heteroatoms. The van der Waals surface area contributed by atoms with Gasteiger partial charge in [0.1, 0.15) is 24.0 Å². The summed E-state index contributed by atoms with van der Waals surface area (Å²) in [7, 11) is 0. The smallest absolute Gasteiger partial charge is 0.138 e. The number of pyridine rings is 1.